The number of carboxylic acids is 1. The monoisotopic (exact) mass is 982 g/mol. The third kappa shape index (κ3) is 11.6. The molecule has 6 heterocycles. The van der Waals surface area contributed by atoms with Crippen molar-refractivity contribution in [2.24, 2.45) is 0 Å². The van der Waals surface area contributed by atoms with Crippen LogP contribution in [0.1, 0.15) is 78.3 Å². The number of carbonyl (C=O) groups is 2. The van der Waals surface area contributed by atoms with E-state index in [1.54, 1.807) is 67.5 Å². The molecule has 0 spiro atoms. The van der Waals surface area contributed by atoms with Gasteiger partial charge in [0.2, 0.25) is 11.5 Å². The van der Waals surface area contributed by atoms with Crippen LogP contribution in [0.25, 0.3) is 31.8 Å². The zero-order chi connectivity index (χ0) is 45.3. The molecule has 0 saturated heterocycles. The third-order valence-corrected chi connectivity index (χ3v) is 12.3. The van der Waals surface area contributed by atoms with Crippen molar-refractivity contribution < 1.29 is 63.9 Å². The van der Waals surface area contributed by atoms with Gasteiger partial charge in [0, 0.05) is 33.6 Å². The normalized spacial score (nSPS) is 10.8. The second-order valence-corrected chi connectivity index (χ2v) is 17.1. The summed E-state index contributed by atoms with van der Waals surface area (Å²) in [6, 6.07) is 18.3. The zero-order valence-corrected chi connectivity index (χ0v) is 41.8. The number of esters is 1. The number of benzene rings is 2. The quantitative estimate of drug-likeness (QED) is 0.0564. The van der Waals surface area contributed by atoms with Crippen LogP contribution in [0, 0.1) is 0 Å². The standard InChI is InChI=1S/C24H24ClN3O4S.C22H20ClN3O4S.Na.H2O/c1-3-5-10-32-21-20(24(30)31-4-2)22-19(9-11-33-22)27(23(21)29)14-16-13-26-28(15-16)18-8-6-7-17(25)12-18;1-2-3-8-30-19-18(22(28)29)20-17(7-9-31-20)25(21(19)27)12-14-11-24-26(13-14)16-6-4-5-15(23)10-16;;/h6-9,11-13,15H,3-5,10,14H2,1-2H3;4-7,9-11,13H,2-3,8,12H2,1H3,(H,28,29);;1H2/q;;+1;/p-1. The molecule has 8 aromatic rings. The van der Waals surface area contributed by atoms with E-state index in [1.165, 1.54) is 22.7 Å². The van der Waals surface area contributed by atoms with Crippen LogP contribution in [0.5, 0.6) is 11.5 Å². The van der Waals surface area contributed by atoms with Crippen LogP contribution in [0.15, 0.2) is 106 Å². The van der Waals surface area contributed by atoms with Crippen molar-refractivity contribution in [1.29, 1.82) is 0 Å². The van der Waals surface area contributed by atoms with Crippen LogP contribution < -0.4 is 50.1 Å². The Balaban J connectivity index is 0.000000241. The molecule has 0 amide bonds. The molecule has 15 nitrogen and oxygen atoms in total. The Morgan fingerprint density at radius 1 is 0.697 bits per heavy atom. The van der Waals surface area contributed by atoms with Crippen LogP contribution >= 0.6 is 45.9 Å². The molecule has 2 N–H and O–H groups in total. The van der Waals surface area contributed by atoms with Gasteiger partial charge in [-0.2, -0.15) is 10.2 Å². The summed E-state index contributed by atoms with van der Waals surface area (Å²) in [7, 11) is 0. The first-order valence-corrected chi connectivity index (χ1v) is 23.1. The average molecular weight is 984 g/mol. The summed E-state index contributed by atoms with van der Waals surface area (Å²) in [4.78, 5) is 51.5. The van der Waals surface area contributed by atoms with E-state index in [2.05, 4.69) is 10.2 Å². The number of carbonyl (C=O) groups excluding carboxylic acids is 1. The van der Waals surface area contributed by atoms with Gasteiger partial charge in [-0.3, -0.25) is 18.7 Å². The van der Waals surface area contributed by atoms with Crippen LogP contribution in [-0.2, 0) is 17.8 Å². The van der Waals surface area contributed by atoms with Crippen molar-refractivity contribution in [2.75, 3.05) is 19.8 Å². The molecule has 0 bridgehead atoms. The van der Waals surface area contributed by atoms with E-state index in [1.807, 2.05) is 68.0 Å². The van der Waals surface area contributed by atoms with Crippen LogP contribution in [0.3, 0.4) is 0 Å². The molecule has 0 saturated carbocycles. The Bertz CT molecular complexity index is 3070. The van der Waals surface area contributed by atoms with Gasteiger partial charge in [-0.05, 0) is 79.1 Å². The predicted octanol–water partition coefficient (Wildman–Crippen LogP) is 6.96. The van der Waals surface area contributed by atoms with Gasteiger partial charge in [0.15, 0.2) is 0 Å². The maximum Gasteiger partial charge on any atom is 1.00 e. The molecule has 20 heteroatoms. The number of fused-ring (bicyclic) bond motifs is 2. The summed E-state index contributed by atoms with van der Waals surface area (Å²) in [6.07, 6.45) is 10.3. The third-order valence-electron chi connectivity index (χ3n) is 9.94. The Morgan fingerprint density at radius 2 is 1.15 bits per heavy atom. The maximum atomic E-state index is 13.5. The van der Waals surface area contributed by atoms with E-state index in [0.717, 1.165) is 48.2 Å². The van der Waals surface area contributed by atoms with E-state index in [9.17, 15) is 24.3 Å². The summed E-state index contributed by atoms with van der Waals surface area (Å²) in [5.41, 5.74) is 3.76. The molecule has 0 atom stereocenters. The van der Waals surface area contributed by atoms with Crippen LogP contribution in [-0.4, -0.2) is 71.0 Å². The van der Waals surface area contributed by atoms with Gasteiger partial charge in [0.1, 0.15) is 11.1 Å². The number of pyridine rings is 2. The molecule has 66 heavy (non-hydrogen) atoms. The summed E-state index contributed by atoms with van der Waals surface area (Å²) in [5.74, 6) is -1.79. The molecule has 6 aromatic heterocycles. The van der Waals surface area contributed by atoms with Gasteiger partial charge in [0.05, 0.1) is 77.1 Å². The van der Waals surface area contributed by atoms with Crippen molar-refractivity contribution >= 4 is 78.2 Å². The molecule has 0 radical (unpaired) electrons. The number of aromatic nitrogens is 6. The number of hydrogen-bond acceptors (Lipinski definition) is 12. The van der Waals surface area contributed by atoms with Crippen molar-refractivity contribution in [2.45, 2.75) is 59.5 Å². The molecule has 0 aliphatic carbocycles. The molecular formula is C46H45Cl2N6NaO9S2. The number of unbranched alkanes of at least 4 members (excludes halogenated alkanes) is 2. The minimum atomic E-state index is -1.17. The largest absolute Gasteiger partial charge is 1.00 e. The van der Waals surface area contributed by atoms with Gasteiger partial charge in [0.25, 0.3) is 11.1 Å². The number of rotatable bonds is 17. The minimum Gasteiger partial charge on any atom is -0.870 e. The van der Waals surface area contributed by atoms with E-state index < -0.39 is 17.5 Å². The molecular weight excluding hydrogens is 939 g/mol. The van der Waals surface area contributed by atoms with Crippen LogP contribution in [0.2, 0.25) is 10.0 Å². The van der Waals surface area contributed by atoms with Gasteiger partial charge < -0.3 is 24.8 Å². The molecule has 0 fully saturated rings. The maximum absolute atomic E-state index is 13.5. The van der Waals surface area contributed by atoms with Gasteiger partial charge in [-0.15, -0.1) is 22.7 Å². The Morgan fingerprint density at radius 3 is 1.58 bits per heavy atom. The van der Waals surface area contributed by atoms with Gasteiger partial charge >= 0.3 is 41.5 Å². The number of ether oxygens (including phenoxy) is 3. The Hall–Kier alpha value is -5.24. The predicted molar refractivity (Wildman–Crippen MR) is 253 cm³/mol. The van der Waals surface area contributed by atoms with E-state index >= 15 is 0 Å². The van der Waals surface area contributed by atoms with Crippen molar-refractivity contribution in [3.63, 3.8) is 0 Å². The average Bonchev–Trinajstić information content (AvgIpc) is 4.12. The minimum absolute atomic E-state index is 0. The topological polar surface area (TPSA) is 192 Å². The number of aromatic carboxylic acids is 1. The van der Waals surface area contributed by atoms with Crippen molar-refractivity contribution in [3.05, 3.63) is 149 Å². The number of thiophene rings is 2. The SMILES string of the molecule is CCCCOc1c(C(=O)O)c2sccc2n(Cc2cnn(-c3cccc(Cl)c3)c2)c1=O.CCCCOc1c(C(=O)OCC)c2sccc2n(Cc2cnn(-c3cccc(Cl)c3)c2)c1=O.[Na+].[OH-]. The first-order valence-electron chi connectivity index (χ1n) is 20.6. The second-order valence-electron chi connectivity index (χ2n) is 14.4. The van der Waals surface area contributed by atoms with Crippen molar-refractivity contribution in [3.8, 4) is 22.9 Å². The smallest absolute Gasteiger partial charge is 0.870 e. The summed E-state index contributed by atoms with van der Waals surface area (Å²) >= 11 is 14.8. The first kappa shape index (κ1) is 51.7. The number of hydrogen-bond donors (Lipinski definition) is 1. The molecule has 0 aliphatic rings. The van der Waals surface area contributed by atoms with E-state index in [4.69, 9.17) is 37.4 Å². The number of carboxylic acid groups (broad SMARTS) is 1. The fourth-order valence-electron chi connectivity index (χ4n) is 6.86. The van der Waals surface area contributed by atoms with Gasteiger partial charge in [-0.1, -0.05) is 62.0 Å². The molecule has 0 unspecified atom stereocenters. The van der Waals surface area contributed by atoms with Gasteiger partial charge in [-0.25, -0.2) is 19.0 Å². The second kappa shape index (κ2) is 24.0. The fraction of sp³-hybridized carbons (Fsp3) is 0.261. The zero-order valence-electron chi connectivity index (χ0n) is 36.6. The van der Waals surface area contributed by atoms with E-state index in [-0.39, 0.29) is 89.5 Å². The summed E-state index contributed by atoms with van der Waals surface area (Å²) in [6.45, 7) is 7.13. The van der Waals surface area contributed by atoms with Crippen molar-refractivity contribution in [1.82, 2.24) is 28.7 Å². The number of halogens is 2. The first-order chi connectivity index (χ1) is 31.0. The Kier molecular flexibility index (Phi) is 18.8. The summed E-state index contributed by atoms with van der Waals surface area (Å²) in [5, 5.41) is 23.4. The van der Waals surface area contributed by atoms with E-state index in [0.29, 0.717) is 37.1 Å². The Labute approximate surface area is 419 Å². The molecule has 340 valence electrons. The van der Waals surface area contributed by atoms with Crippen LogP contribution in [0.4, 0.5) is 0 Å². The molecule has 0 aliphatic heterocycles. The summed E-state index contributed by atoms with van der Waals surface area (Å²) < 4.78 is 24.5. The molecule has 2 aromatic carbocycles. The molecule has 8 rings (SSSR count). The number of nitrogens with zero attached hydrogens (tertiary/aromatic N) is 6. The fourth-order valence-corrected chi connectivity index (χ4v) is 9.08.